The molecular weight excluding hydrogens is 264 g/mol. The Balaban J connectivity index is 2.37. The van der Waals surface area contributed by atoms with Crippen molar-refractivity contribution in [1.82, 2.24) is 0 Å². The summed E-state index contributed by atoms with van der Waals surface area (Å²) >= 11 is 0. The van der Waals surface area contributed by atoms with E-state index < -0.39 is 19.2 Å². The largest absolute Gasteiger partial charge is 0.481 e. The van der Waals surface area contributed by atoms with Crippen LogP contribution in [0.4, 0.5) is 0 Å². The van der Waals surface area contributed by atoms with Crippen molar-refractivity contribution >= 4 is 11.8 Å². The van der Waals surface area contributed by atoms with E-state index in [0.29, 0.717) is 12.8 Å². The van der Waals surface area contributed by atoms with E-state index in [1.54, 1.807) is 6.08 Å². The van der Waals surface area contributed by atoms with Gasteiger partial charge in [-0.25, -0.2) is 0 Å². The highest BCUT2D eigenvalue weighted by Crippen LogP contribution is 2.30. The van der Waals surface area contributed by atoms with Gasteiger partial charge < -0.3 is 5.11 Å². The van der Waals surface area contributed by atoms with Gasteiger partial charge in [0.1, 0.15) is 0 Å². The Kier molecular flexibility index (Phi) is 5.54. The van der Waals surface area contributed by atoms with Crippen molar-refractivity contribution in [3.05, 3.63) is 24.3 Å². The van der Waals surface area contributed by atoms with Crippen LogP contribution in [0.5, 0.6) is 0 Å². The first-order valence-corrected chi connectivity index (χ1v) is 7.66. The van der Waals surface area contributed by atoms with E-state index in [1.807, 2.05) is 6.08 Å². The van der Waals surface area contributed by atoms with E-state index in [0.717, 1.165) is 38.2 Å². The lowest BCUT2D eigenvalue weighted by Gasteiger charge is -2.16. The SMILES string of the molecule is [2H]C([2H])([2H])C([2H])([2H])/C=C\C[C@H]1C(=O)C=C[C@H]1CCCCCCCC(=O)O. The molecule has 0 aromatic heterocycles. The number of hydrogen-bond donors (Lipinski definition) is 1. The Morgan fingerprint density at radius 3 is 2.86 bits per heavy atom. The van der Waals surface area contributed by atoms with E-state index >= 15 is 0 Å². The summed E-state index contributed by atoms with van der Waals surface area (Å²) in [5, 5.41) is 8.58. The van der Waals surface area contributed by atoms with Crippen molar-refractivity contribution in [2.45, 2.75) is 64.6 Å². The number of unbranched alkanes of at least 4 members (excludes halogenated alkanes) is 4. The molecule has 2 atom stereocenters. The molecule has 0 spiro atoms. The first-order valence-electron chi connectivity index (χ1n) is 10.2. The van der Waals surface area contributed by atoms with Gasteiger partial charge in [0.15, 0.2) is 5.78 Å². The molecule has 0 aromatic carbocycles. The number of rotatable bonds is 11. The minimum Gasteiger partial charge on any atom is -0.481 e. The van der Waals surface area contributed by atoms with Crippen molar-refractivity contribution in [3.8, 4) is 0 Å². The van der Waals surface area contributed by atoms with Crippen LogP contribution < -0.4 is 0 Å². The first-order chi connectivity index (χ1) is 12.0. The van der Waals surface area contributed by atoms with Gasteiger partial charge in [0.2, 0.25) is 0 Å². The van der Waals surface area contributed by atoms with Gasteiger partial charge in [-0.1, -0.05) is 50.8 Å². The van der Waals surface area contributed by atoms with Crippen molar-refractivity contribution in [3.63, 3.8) is 0 Å². The molecule has 0 saturated carbocycles. The Morgan fingerprint density at radius 1 is 1.33 bits per heavy atom. The van der Waals surface area contributed by atoms with Crippen LogP contribution in [-0.2, 0) is 9.59 Å². The van der Waals surface area contributed by atoms with Crippen molar-refractivity contribution in [2.24, 2.45) is 11.8 Å². The maximum atomic E-state index is 12.0. The van der Waals surface area contributed by atoms with Gasteiger partial charge in [-0.15, -0.1) is 0 Å². The van der Waals surface area contributed by atoms with E-state index in [-0.39, 0.29) is 24.0 Å². The Morgan fingerprint density at radius 2 is 2.10 bits per heavy atom. The summed E-state index contributed by atoms with van der Waals surface area (Å²) in [5.74, 6) is -0.899. The molecule has 0 amide bonds. The van der Waals surface area contributed by atoms with Gasteiger partial charge in [-0.05, 0) is 37.6 Å². The van der Waals surface area contributed by atoms with Gasteiger partial charge in [0.05, 0.1) is 0 Å². The average molecular weight is 297 g/mol. The van der Waals surface area contributed by atoms with Gasteiger partial charge in [-0.2, -0.15) is 0 Å². The fourth-order valence-corrected chi connectivity index (χ4v) is 2.74. The van der Waals surface area contributed by atoms with Crippen LogP contribution >= 0.6 is 0 Å². The molecule has 0 heterocycles. The molecule has 118 valence electrons. The minimum absolute atomic E-state index is 0.00977. The van der Waals surface area contributed by atoms with Gasteiger partial charge >= 0.3 is 5.97 Å². The lowest BCUT2D eigenvalue weighted by molar-refractivity contribution is -0.137. The second-order valence-electron chi connectivity index (χ2n) is 5.51. The smallest absolute Gasteiger partial charge is 0.303 e. The third-order valence-corrected chi connectivity index (χ3v) is 3.91. The molecule has 0 aliphatic heterocycles. The molecular formula is C18H28O3. The molecule has 3 nitrogen and oxygen atoms in total. The number of aliphatic carboxylic acids is 1. The standard InChI is InChI=1S/C18H28O3/c1-2-3-7-11-16-15(13-14-17(16)19)10-8-5-4-6-9-12-18(20)21/h3,7,13-16H,2,4-6,8-12H2,1H3,(H,20,21)/b7-3-/t15-,16-/m1/s1/i1D3,2D2. The van der Waals surface area contributed by atoms with Gasteiger partial charge in [0, 0.05) is 19.2 Å². The number of hydrogen-bond acceptors (Lipinski definition) is 2. The molecule has 0 saturated heterocycles. The monoisotopic (exact) mass is 297 g/mol. The molecule has 0 unspecified atom stereocenters. The minimum atomic E-state index is -2.72. The molecule has 1 aliphatic carbocycles. The molecule has 3 heteroatoms. The van der Waals surface area contributed by atoms with E-state index in [4.69, 9.17) is 12.0 Å². The first kappa shape index (κ1) is 11.2. The molecule has 21 heavy (non-hydrogen) atoms. The molecule has 1 rings (SSSR count). The predicted molar refractivity (Wildman–Crippen MR) is 85.1 cm³/mol. The van der Waals surface area contributed by atoms with Crippen LogP contribution in [-0.4, -0.2) is 16.9 Å². The maximum absolute atomic E-state index is 12.0. The lowest BCUT2D eigenvalue weighted by Crippen LogP contribution is -2.15. The zero-order chi connectivity index (χ0) is 19.8. The van der Waals surface area contributed by atoms with Crippen LogP contribution in [0.1, 0.15) is 71.4 Å². The Hall–Kier alpha value is -1.38. The molecule has 1 N–H and O–H groups in total. The van der Waals surface area contributed by atoms with Gasteiger partial charge in [0.25, 0.3) is 0 Å². The van der Waals surface area contributed by atoms with Crippen molar-refractivity contribution < 1.29 is 21.5 Å². The summed E-state index contributed by atoms with van der Waals surface area (Å²) in [5.41, 5.74) is 0. The quantitative estimate of drug-likeness (QED) is 0.450. The third kappa shape index (κ3) is 7.26. The number of carbonyl (C=O) groups excluding carboxylic acids is 1. The Labute approximate surface area is 135 Å². The number of carboxylic acid groups (broad SMARTS) is 1. The highest BCUT2D eigenvalue weighted by atomic mass is 16.4. The van der Waals surface area contributed by atoms with E-state index in [2.05, 4.69) is 0 Å². The molecule has 0 aromatic rings. The van der Waals surface area contributed by atoms with Crippen LogP contribution in [0.15, 0.2) is 24.3 Å². The summed E-state index contributed by atoms with van der Waals surface area (Å²) in [7, 11) is 0. The summed E-state index contributed by atoms with van der Waals surface area (Å²) in [6.45, 7) is -2.72. The number of ketones is 1. The zero-order valence-corrected chi connectivity index (χ0v) is 12.4. The van der Waals surface area contributed by atoms with Gasteiger partial charge in [-0.3, -0.25) is 9.59 Å². The summed E-state index contributed by atoms with van der Waals surface area (Å²) in [6, 6.07) is 0. The summed E-state index contributed by atoms with van der Waals surface area (Å²) in [6.07, 6.45) is 9.47. The number of carboxylic acids is 1. The molecule has 0 fully saturated rings. The number of carbonyl (C=O) groups is 2. The van der Waals surface area contributed by atoms with Crippen LogP contribution in [0.25, 0.3) is 0 Å². The van der Waals surface area contributed by atoms with Crippen LogP contribution in [0, 0.1) is 11.8 Å². The topological polar surface area (TPSA) is 54.4 Å². The number of allylic oxidation sites excluding steroid dienone is 4. The average Bonchev–Trinajstić information content (AvgIpc) is 2.85. The summed E-state index contributed by atoms with van der Waals surface area (Å²) in [4.78, 5) is 22.4. The Bertz CT molecular complexity index is 537. The van der Waals surface area contributed by atoms with Crippen LogP contribution in [0.3, 0.4) is 0 Å². The highest BCUT2D eigenvalue weighted by Gasteiger charge is 2.28. The van der Waals surface area contributed by atoms with Crippen molar-refractivity contribution in [2.75, 3.05) is 0 Å². The maximum Gasteiger partial charge on any atom is 0.303 e. The second-order valence-corrected chi connectivity index (χ2v) is 5.51. The van der Waals surface area contributed by atoms with Crippen molar-refractivity contribution in [1.29, 1.82) is 0 Å². The predicted octanol–water partition coefficient (Wildman–Crippen LogP) is 4.53. The normalized spacial score (nSPS) is 26.3. The third-order valence-electron chi connectivity index (χ3n) is 3.91. The molecule has 1 aliphatic rings. The van der Waals surface area contributed by atoms with Crippen LogP contribution in [0.2, 0.25) is 0 Å². The van der Waals surface area contributed by atoms with E-state index in [9.17, 15) is 9.59 Å². The lowest BCUT2D eigenvalue weighted by atomic mass is 9.87. The van der Waals surface area contributed by atoms with E-state index in [1.165, 1.54) is 6.08 Å². The molecule has 0 radical (unpaired) electrons. The fraction of sp³-hybridized carbons (Fsp3) is 0.667. The second kappa shape index (κ2) is 10.4. The highest BCUT2D eigenvalue weighted by molar-refractivity contribution is 5.94. The molecule has 0 bridgehead atoms. The fourth-order valence-electron chi connectivity index (χ4n) is 2.74. The zero-order valence-electron chi connectivity index (χ0n) is 17.4. The summed E-state index contributed by atoms with van der Waals surface area (Å²) < 4.78 is 36.6.